The van der Waals surface area contributed by atoms with Gasteiger partial charge in [-0.25, -0.2) is 9.18 Å². The molecule has 0 aromatic heterocycles. The second kappa shape index (κ2) is 9.03. The molecule has 6 nitrogen and oxygen atoms in total. The molecule has 0 saturated carbocycles. The van der Waals surface area contributed by atoms with Gasteiger partial charge in [-0.3, -0.25) is 0 Å². The van der Waals surface area contributed by atoms with Crippen molar-refractivity contribution in [1.29, 1.82) is 0 Å². The van der Waals surface area contributed by atoms with Gasteiger partial charge in [0.15, 0.2) is 12.6 Å². The number of aromatic carboxylic acids is 1. The van der Waals surface area contributed by atoms with E-state index in [0.717, 1.165) is 32.4 Å². The average Bonchev–Trinajstić information content (AvgIpc) is 2.72. The lowest BCUT2D eigenvalue weighted by Crippen LogP contribution is -2.30. The van der Waals surface area contributed by atoms with Crippen molar-refractivity contribution >= 4 is 11.7 Å². The quantitative estimate of drug-likeness (QED) is 0.704. The maximum absolute atomic E-state index is 15.6. The monoisotopic (exact) mass is 389 g/mol. The van der Waals surface area contributed by atoms with E-state index >= 15 is 4.39 Å². The first-order valence-electron chi connectivity index (χ1n) is 9.23. The van der Waals surface area contributed by atoms with Crippen molar-refractivity contribution in [3.63, 3.8) is 0 Å². The number of carbonyl (C=O) groups is 1. The molecule has 0 amide bonds. The summed E-state index contributed by atoms with van der Waals surface area (Å²) in [6.07, 6.45) is 3.16. The maximum atomic E-state index is 15.6. The number of aliphatic hydroxyl groups excluding tert-OH is 1. The Morgan fingerprint density at radius 1 is 1.18 bits per heavy atom. The first-order valence-corrected chi connectivity index (χ1v) is 9.23. The molecule has 28 heavy (non-hydrogen) atoms. The van der Waals surface area contributed by atoms with Gasteiger partial charge in [0.25, 0.3) is 0 Å². The number of anilines is 1. The van der Waals surface area contributed by atoms with Crippen molar-refractivity contribution in [3.05, 3.63) is 47.3 Å². The van der Waals surface area contributed by atoms with Crippen molar-refractivity contribution in [2.24, 2.45) is 0 Å². The molecule has 1 saturated heterocycles. The molecule has 3 rings (SSSR count). The van der Waals surface area contributed by atoms with E-state index in [1.165, 1.54) is 25.3 Å². The van der Waals surface area contributed by atoms with Crippen LogP contribution in [0.5, 0.6) is 5.75 Å². The fourth-order valence-corrected chi connectivity index (χ4v) is 3.53. The molecule has 2 aromatic rings. The smallest absolute Gasteiger partial charge is 0.336 e. The van der Waals surface area contributed by atoms with Crippen molar-refractivity contribution < 1.29 is 28.9 Å². The van der Waals surface area contributed by atoms with E-state index in [0.29, 0.717) is 17.0 Å². The van der Waals surface area contributed by atoms with Crippen LogP contribution in [0.2, 0.25) is 0 Å². The molecule has 150 valence electrons. The second-order valence-electron chi connectivity index (χ2n) is 6.71. The molecular weight excluding hydrogens is 365 g/mol. The third-order valence-corrected chi connectivity index (χ3v) is 4.91. The van der Waals surface area contributed by atoms with E-state index in [1.54, 1.807) is 12.1 Å². The molecule has 0 spiro atoms. The van der Waals surface area contributed by atoms with Gasteiger partial charge in [0, 0.05) is 20.2 Å². The Balaban J connectivity index is 2.11. The lowest BCUT2D eigenvalue weighted by molar-refractivity contribution is 0.0513. The van der Waals surface area contributed by atoms with Crippen LogP contribution in [-0.4, -0.2) is 43.2 Å². The number of benzene rings is 2. The summed E-state index contributed by atoms with van der Waals surface area (Å²) >= 11 is 0. The van der Waals surface area contributed by atoms with Gasteiger partial charge in [-0.15, -0.1) is 0 Å². The van der Waals surface area contributed by atoms with E-state index in [4.69, 9.17) is 9.47 Å². The fourth-order valence-electron chi connectivity index (χ4n) is 3.53. The molecule has 0 radical (unpaired) electrons. The molecule has 2 aromatic carbocycles. The number of hydrogen-bond acceptors (Lipinski definition) is 5. The number of hydrogen-bond donors (Lipinski definition) is 2. The SMILES string of the molecule is COCOc1ccc(N2CCCCC2)c(F)c1-c1ccc(C(=O)O)c(CO)c1. The predicted octanol–water partition coefficient (Wildman–Crippen LogP) is 3.66. The van der Waals surface area contributed by atoms with Crippen LogP contribution < -0.4 is 9.64 Å². The summed E-state index contributed by atoms with van der Waals surface area (Å²) in [5.41, 5.74) is 1.36. The molecule has 7 heteroatoms. The van der Waals surface area contributed by atoms with Gasteiger partial charge < -0.3 is 24.6 Å². The van der Waals surface area contributed by atoms with Crippen LogP contribution in [0.15, 0.2) is 30.3 Å². The molecule has 2 N–H and O–H groups in total. The number of carboxylic acid groups (broad SMARTS) is 1. The number of nitrogens with zero attached hydrogens (tertiary/aromatic N) is 1. The highest BCUT2D eigenvalue weighted by Crippen LogP contribution is 2.39. The zero-order chi connectivity index (χ0) is 20.1. The second-order valence-corrected chi connectivity index (χ2v) is 6.71. The third-order valence-electron chi connectivity index (χ3n) is 4.91. The first-order chi connectivity index (χ1) is 13.6. The minimum Gasteiger partial charge on any atom is -0.478 e. The van der Waals surface area contributed by atoms with E-state index in [-0.39, 0.29) is 23.5 Å². The topological polar surface area (TPSA) is 79.2 Å². The van der Waals surface area contributed by atoms with E-state index in [1.807, 2.05) is 4.90 Å². The molecule has 1 aliphatic heterocycles. The normalized spacial score (nSPS) is 14.2. The van der Waals surface area contributed by atoms with Crippen LogP contribution in [-0.2, 0) is 11.3 Å². The van der Waals surface area contributed by atoms with Gasteiger partial charge >= 0.3 is 5.97 Å². The lowest BCUT2D eigenvalue weighted by Gasteiger charge is -2.30. The van der Waals surface area contributed by atoms with Gasteiger partial charge in [0.2, 0.25) is 0 Å². The highest BCUT2D eigenvalue weighted by molar-refractivity contribution is 5.90. The molecule has 1 aliphatic rings. The van der Waals surface area contributed by atoms with Gasteiger partial charge in [0.05, 0.1) is 23.4 Å². The van der Waals surface area contributed by atoms with Crippen LogP contribution in [0, 0.1) is 5.82 Å². The van der Waals surface area contributed by atoms with Crippen LogP contribution in [0.25, 0.3) is 11.1 Å². The molecular formula is C21H24FNO5. The highest BCUT2D eigenvalue weighted by Gasteiger charge is 2.22. The molecule has 1 heterocycles. The standard InChI is InChI=1S/C21H24FNO5/c1-27-13-28-18-8-7-17(23-9-3-2-4-10-23)20(22)19(18)14-5-6-16(21(25)26)15(11-14)12-24/h5-8,11,24H,2-4,9-10,12-13H2,1H3,(H,25,26). The summed E-state index contributed by atoms with van der Waals surface area (Å²) in [7, 11) is 1.48. The van der Waals surface area contributed by atoms with Crippen LogP contribution in [0.1, 0.15) is 35.2 Å². The van der Waals surface area contributed by atoms with Crippen LogP contribution in [0.4, 0.5) is 10.1 Å². The lowest BCUT2D eigenvalue weighted by atomic mass is 9.97. The third kappa shape index (κ3) is 4.10. The molecule has 0 bridgehead atoms. The molecule has 0 aliphatic carbocycles. The summed E-state index contributed by atoms with van der Waals surface area (Å²) in [6, 6.07) is 7.79. The number of aliphatic hydroxyl groups is 1. The van der Waals surface area contributed by atoms with E-state index in [9.17, 15) is 15.0 Å². The Kier molecular flexibility index (Phi) is 6.49. The summed E-state index contributed by atoms with van der Waals surface area (Å²) in [6.45, 7) is 1.07. The summed E-state index contributed by atoms with van der Waals surface area (Å²) in [5, 5.41) is 18.8. The Morgan fingerprint density at radius 3 is 2.57 bits per heavy atom. The number of piperidine rings is 1. The molecule has 0 unspecified atom stereocenters. The van der Waals surface area contributed by atoms with Crippen molar-refractivity contribution in [2.75, 3.05) is 31.9 Å². The van der Waals surface area contributed by atoms with Gasteiger partial charge in [-0.1, -0.05) is 6.07 Å². The van der Waals surface area contributed by atoms with Gasteiger partial charge in [-0.05, 0) is 54.7 Å². The Hall–Kier alpha value is -2.64. The largest absolute Gasteiger partial charge is 0.478 e. The Morgan fingerprint density at radius 2 is 1.93 bits per heavy atom. The summed E-state index contributed by atoms with van der Waals surface area (Å²) in [4.78, 5) is 13.3. The molecule has 1 fully saturated rings. The van der Waals surface area contributed by atoms with E-state index < -0.39 is 18.4 Å². The van der Waals surface area contributed by atoms with Crippen LogP contribution >= 0.6 is 0 Å². The zero-order valence-corrected chi connectivity index (χ0v) is 15.8. The average molecular weight is 389 g/mol. The van der Waals surface area contributed by atoms with Crippen molar-refractivity contribution in [3.8, 4) is 16.9 Å². The number of rotatable bonds is 7. The number of methoxy groups -OCH3 is 1. The Bertz CT molecular complexity index is 849. The summed E-state index contributed by atoms with van der Waals surface area (Å²) < 4.78 is 26.1. The maximum Gasteiger partial charge on any atom is 0.336 e. The highest BCUT2D eigenvalue weighted by atomic mass is 19.1. The minimum atomic E-state index is -1.14. The van der Waals surface area contributed by atoms with Gasteiger partial charge in [-0.2, -0.15) is 0 Å². The Labute approximate surface area is 163 Å². The fraction of sp³-hybridized carbons (Fsp3) is 0.381. The number of ether oxygens (including phenoxy) is 2. The number of halogens is 1. The first kappa shape index (κ1) is 20.1. The van der Waals surface area contributed by atoms with Gasteiger partial charge in [0.1, 0.15) is 5.75 Å². The number of carboxylic acids is 1. The van der Waals surface area contributed by atoms with Crippen molar-refractivity contribution in [1.82, 2.24) is 0 Å². The van der Waals surface area contributed by atoms with E-state index in [2.05, 4.69) is 0 Å². The zero-order valence-electron chi connectivity index (χ0n) is 15.8. The summed E-state index contributed by atoms with van der Waals surface area (Å²) in [5.74, 6) is -1.27. The predicted molar refractivity (Wildman–Crippen MR) is 103 cm³/mol. The van der Waals surface area contributed by atoms with Crippen molar-refractivity contribution in [2.45, 2.75) is 25.9 Å². The van der Waals surface area contributed by atoms with Crippen LogP contribution in [0.3, 0.4) is 0 Å². The minimum absolute atomic E-state index is 0.0156. The molecule has 0 atom stereocenters.